The van der Waals surface area contributed by atoms with Crippen molar-refractivity contribution in [3.05, 3.63) is 82.4 Å². The smallest absolute Gasteiger partial charge is 0.340 e. The second-order valence-electron chi connectivity index (χ2n) is 8.25. The van der Waals surface area contributed by atoms with Crippen molar-refractivity contribution in [3.63, 3.8) is 0 Å². The van der Waals surface area contributed by atoms with E-state index in [1.807, 2.05) is 0 Å². The van der Waals surface area contributed by atoms with Crippen LogP contribution in [0.25, 0.3) is 0 Å². The Morgan fingerprint density at radius 2 is 1.64 bits per heavy atom. The molecule has 0 unspecified atom stereocenters. The molecule has 2 heterocycles. The molecule has 0 atom stereocenters. The van der Waals surface area contributed by atoms with Gasteiger partial charge < -0.3 is 25.0 Å². The summed E-state index contributed by atoms with van der Waals surface area (Å²) in [7, 11) is 0. The normalized spacial score (nSPS) is 14.6. The number of hydrogen-bond acceptors (Lipinski definition) is 6. The summed E-state index contributed by atoms with van der Waals surface area (Å²) >= 11 is 0. The molecule has 0 saturated heterocycles. The lowest BCUT2D eigenvalue weighted by Gasteiger charge is -2.36. The van der Waals surface area contributed by atoms with E-state index in [0.717, 1.165) is 12.8 Å². The molecule has 33 heavy (non-hydrogen) atoms. The first-order chi connectivity index (χ1) is 15.9. The summed E-state index contributed by atoms with van der Waals surface area (Å²) in [5.41, 5.74) is 1.29. The lowest BCUT2D eigenvalue weighted by Crippen LogP contribution is -2.32. The maximum atomic E-state index is 13.3. The number of fused-ring (bicyclic) bond motifs is 6. The van der Waals surface area contributed by atoms with Crippen LogP contribution in [0, 0.1) is 0 Å². The van der Waals surface area contributed by atoms with Crippen LogP contribution in [-0.4, -0.2) is 28.6 Å². The zero-order valence-electron chi connectivity index (χ0n) is 18.1. The molecule has 0 bridgehead atoms. The first-order valence-electron chi connectivity index (χ1n) is 10.9. The van der Waals surface area contributed by atoms with E-state index in [2.05, 4.69) is 12.2 Å². The van der Waals surface area contributed by atoms with Crippen molar-refractivity contribution in [2.75, 3.05) is 6.54 Å². The predicted octanol–water partition coefficient (Wildman–Crippen LogP) is 4.12. The number of phenolic OH excluding ortho intramolecular Hbond substituents is 2. The number of nitrogens with one attached hydrogen (secondary N) is 1. The Morgan fingerprint density at radius 1 is 0.970 bits per heavy atom. The number of rotatable bonds is 5. The van der Waals surface area contributed by atoms with Crippen molar-refractivity contribution in [1.29, 1.82) is 0 Å². The zero-order chi connectivity index (χ0) is 23.2. The van der Waals surface area contributed by atoms with Crippen molar-refractivity contribution in [2.45, 2.75) is 31.8 Å². The van der Waals surface area contributed by atoms with Crippen molar-refractivity contribution < 1.29 is 29.3 Å². The minimum atomic E-state index is -1.33. The highest BCUT2D eigenvalue weighted by Gasteiger charge is 2.54. The van der Waals surface area contributed by atoms with Crippen LogP contribution in [0.3, 0.4) is 0 Å². The van der Waals surface area contributed by atoms with E-state index in [0.29, 0.717) is 45.9 Å². The molecular formula is C26H23NO6. The van der Waals surface area contributed by atoms with Gasteiger partial charge >= 0.3 is 5.97 Å². The summed E-state index contributed by atoms with van der Waals surface area (Å²) in [5.74, 6) is -0.0767. The minimum absolute atomic E-state index is 0.00505. The number of aromatic hydroxyl groups is 2. The van der Waals surface area contributed by atoms with Crippen molar-refractivity contribution in [2.24, 2.45) is 0 Å². The van der Waals surface area contributed by atoms with Gasteiger partial charge in [0.2, 0.25) is 5.91 Å². The summed E-state index contributed by atoms with van der Waals surface area (Å²) in [4.78, 5) is 25.8. The van der Waals surface area contributed by atoms with E-state index in [1.54, 1.807) is 30.3 Å². The van der Waals surface area contributed by atoms with Gasteiger partial charge in [-0.15, -0.1) is 0 Å². The SMILES string of the molecule is CCCCNC(=O)Cc1cccc2c1C(=O)OC21c2ccc(O)cc2Oc2cc(O)ccc21. The maximum absolute atomic E-state index is 13.3. The van der Waals surface area contributed by atoms with Gasteiger partial charge in [0.15, 0.2) is 5.60 Å². The van der Waals surface area contributed by atoms with Gasteiger partial charge in [0.05, 0.1) is 12.0 Å². The number of carbonyl (C=O) groups excluding carboxylic acids is 2. The van der Waals surface area contributed by atoms with Crippen molar-refractivity contribution in [1.82, 2.24) is 5.32 Å². The largest absolute Gasteiger partial charge is 0.508 e. The Morgan fingerprint density at radius 3 is 2.27 bits per heavy atom. The molecule has 168 valence electrons. The van der Waals surface area contributed by atoms with Crippen LogP contribution in [0.15, 0.2) is 54.6 Å². The zero-order valence-corrected chi connectivity index (χ0v) is 18.1. The molecule has 2 aliphatic heterocycles. The number of phenols is 2. The molecule has 7 nitrogen and oxygen atoms in total. The molecule has 0 radical (unpaired) electrons. The van der Waals surface area contributed by atoms with E-state index >= 15 is 0 Å². The maximum Gasteiger partial charge on any atom is 0.340 e. The third-order valence-electron chi connectivity index (χ3n) is 6.09. The Hall–Kier alpha value is -4.00. The summed E-state index contributed by atoms with van der Waals surface area (Å²) < 4.78 is 12.1. The quantitative estimate of drug-likeness (QED) is 0.403. The molecule has 3 aromatic rings. The second-order valence-corrected chi connectivity index (χ2v) is 8.25. The summed E-state index contributed by atoms with van der Waals surface area (Å²) in [6.45, 7) is 2.64. The van der Waals surface area contributed by atoms with Crippen LogP contribution in [0.5, 0.6) is 23.0 Å². The van der Waals surface area contributed by atoms with Crippen LogP contribution in [0.2, 0.25) is 0 Å². The molecule has 0 aromatic heterocycles. The monoisotopic (exact) mass is 445 g/mol. The average Bonchev–Trinajstić information content (AvgIpc) is 3.07. The highest BCUT2D eigenvalue weighted by Crippen LogP contribution is 2.57. The average molecular weight is 445 g/mol. The highest BCUT2D eigenvalue weighted by molar-refractivity contribution is 5.99. The number of unbranched alkanes of at least 4 members (excludes halogenated alkanes) is 1. The predicted molar refractivity (Wildman–Crippen MR) is 120 cm³/mol. The van der Waals surface area contributed by atoms with Crippen LogP contribution >= 0.6 is 0 Å². The lowest BCUT2D eigenvalue weighted by molar-refractivity contribution is -0.120. The highest BCUT2D eigenvalue weighted by atomic mass is 16.6. The van der Waals surface area contributed by atoms with Gasteiger partial charge in [0.25, 0.3) is 0 Å². The number of carbonyl (C=O) groups is 2. The Bertz CT molecular complexity index is 1230. The van der Waals surface area contributed by atoms with Crippen LogP contribution in [0.4, 0.5) is 0 Å². The van der Waals surface area contributed by atoms with Gasteiger partial charge in [0.1, 0.15) is 23.0 Å². The van der Waals surface area contributed by atoms with E-state index in [4.69, 9.17) is 9.47 Å². The first-order valence-corrected chi connectivity index (χ1v) is 10.9. The molecule has 2 aliphatic rings. The standard InChI is InChI=1S/C26H23NO6/c1-2-3-11-27-23(30)12-15-5-4-6-20-24(15)25(31)33-26(20)18-9-7-16(28)13-21(18)32-22-14-17(29)8-10-19(22)26/h4-10,13-14,28-29H,2-3,11-12H2,1H3,(H,27,30). The van der Waals surface area contributed by atoms with Gasteiger partial charge in [-0.05, 0) is 36.2 Å². The Labute approximate surface area is 190 Å². The van der Waals surface area contributed by atoms with Gasteiger partial charge in [-0.1, -0.05) is 31.5 Å². The number of esters is 1. The number of ether oxygens (including phenoxy) is 2. The van der Waals surface area contributed by atoms with Crippen molar-refractivity contribution >= 4 is 11.9 Å². The molecule has 0 saturated carbocycles. The number of amides is 1. The second kappa shape index (κ2) is 7.85. The molecule has 0 aliphatic carbocycles. The van der Waals surface area contributed by atoms with E-state index in [9.17, 15) is 19.8 Å². The molecule has 5 rings (SSSR count). The fourth-order valence-corrected chi connectivity index (χ4v) is 4.60. The lowest BCUT2D eigenvalue weighted by atomic mass is 9.77. The minimum Gasteiger partial charge on any atom is -0.508 e. The van der Waals surface area contributed by atoms with Gasteiger partial charge in [-0.2, -0.15) is 0 Å². The third-order valence-corrected chi connectivity index (χ3v) is 6.09. The van der Waals surface area contributed by atoms with Crippen LogP contribution < -0.4 is 10.1 Å². The topological polar surface area (TPSA) is 105 Å². The van der Waals surface area contributed by atoms with Gasteiger partial charge in [-0.3, -0.25) is 4.79 Å². The Kier molecular flexibility index (Phi) is 4.96. The molecule has 1 amide bonds. The summed E-state index contributed by atoms with van der Waals surface area (Å²) in [6.07, 6.45) is 1.92. The summed E-state index contributed by atoms with van der Waals surface area (Å²) in [6, 6.07) is 14.6. The third kappa shape index (κ3) is 3.28. The summed E-state index contributed by atoms with van der Waals surface area (Å²) in [5, 5.41) is 22.9. The van der Waals surface area contributed by atoms with E-state index in [1.165, 1.54) is 24.3 Å². The van der Waals surface area contributed by atoms with Crippen molar-refractivity contribution in [3.8, 4) is 23.0 Å². The van der Waals surface area contributed by atoms with Crippen LogP contribution in [0.1, 0.15) is 52.4 Å². The van der Waals surface area contributed by atoms with Gasteiger partial charge in [0, 0.05) is 35.4 Å². The fourth-order valence-electron chi connectivity index (χ4n) is 4.60. The van der Waals surface area contributed by atoms with Gasteiger partial charge in [-0.25, -0.2) is 4.79 Å². The fraction of sp³-hybridized carbons (Fsp3) is 0.231. The molecule has 3 N–H and O–H groups in total. The Balaban J connectivity index is 1.67. The molecular weight excluding hydrogens is 422 g/mol. The molecule has 7 heteroatoms. The first kappa shape index (κ1) is 20.9. The molecule has 3 aromatic carbocycles. The molecule has 0 fully saturated rings. The van der Waals surface area contributed by atoms with E-state index in [-0.39, 0.29) is 23.8 Å². The molecule has 1 spiro atoms. The number of benzene rings is 3. The number of hydrogen-bond donors (Lipinski definition) is 3. The van der Waals surface area contributed by atoms with Crippen LogP contribution in [-0.2, 0) is 21.6 Å². The van der Waals surface area contributed by atoms with E-state index < -0.39 is 11.6 Å².